The van der Waals surface area contributed by atoms with Gasteiger partial charge in [0.05, 0.1) is 22.8 Å². The molecule has 4 aromatic rings. The van der Waals surface area contributed by atoms with Crippen LogP contribution in [-0.4, -0.2) is 52.6 Å². The third-order valence-corrected chi connectivity index (χ3v) is 7.96. The number of amides is 1. The maximum atomic E-state index is 13.8. The Morgan fingerprint density at radius 1 is 0.821 bits per heavy atom. The number of carbonyl (C=O) groups is 1. The number of aromatic nitrogens is 2. The predicted octanol–water partition coefficient (Wildman–Crippen LogP) is 3.15. The third kappa shape index (κ3) is 3.94. The van der Waals surface area contributed by atoms with E-state index in [2.05, 4.69) is 9.88 Å². The first-order valence-electron chi connectivity index (χ1n) is 12.7. The number of anilines is 2. The zero-order chi connectivity index (χ0) is 27.6. The fourth-order valence-electron chi connectivity index (χ4n) is 6.01. The van der Waals surface area contributed by atoms with Crippen LogP contribution in [0.25, 0.3) is 11.0 Å². The molecular weight excluding hydrogens is 504 g/mol. The number of hydrogen-bond donors (Lipinski definition) is 1. The highest BCUT2D eigenvalue weighted by Gasteiger charge is 2.46. The van der Waals surface area contributed by atoms with Gasteiger partial charge in [-0.2, -0.15) is 0 Å². The van der Waals surface area contributed by atoms with Crippen molar-refractivity contribution in [1.82, 2.24) is 14.5 Å². The van der Waals surface area contributed by atoms with Gasteiger partial charge in [-0.15, -0.1) is 0 Å². The largest absolute Gasteiger partial charge is 0.353 e. The summed E-state index contributed by atoms with van der Waals surface area (Å²) >= 11 is 0. The van der Waals surface area contributed by atoms with Gasteiger partial charge in [-0.25, -0.2) is 8.78 Å². The van der Waals surface area contributed by atoms with E-state index in [1.54, 1.807) is 44.4 Å². The van der Waals surface area contributed by atoms with E-state index >= 15 is 0 Å². The van der Waals surface area contributed by atoms with Crippen molar-refractivity contribution in [2.75, 3.05) is 29.9 Å². The molecule has 1 N–H and O–H groups in total. The van der Waals surface area contributed by atoms with E-state index in [1.807, 2.05) is 11.8 Å². The highest BCUT2D eigenvalue weighted by atomic mass is 19.1. The predicted molar refractivity (Wildman–Crippen MR) is 145 cm³/mol. The fourth-order valence-corrected chi connectivity index (χ4v) is 6.01. The van der Waals surface area contributed by atoms with Gasteiger partial charge in [0.25, 0.3) is 11.5 Å². The lowest BCUT2D eigenvalue weighted by atomic mass is 9.92. The Bertz CT molecular complexity index is 1670. The average molecular weight is 532 g/mol. The third-order valence-electron chi connectivity index (χ3n) is 7.96. The summed E-state index contributed by atoms with van der Waals surface area (Å²) in [5.74, 6) is -0.971. The number of aryl methyl sites for hydroxylation is 1. The molecule has 0 aliphatic carbocycles. The second-order valence-corrected chi connectivity index (χ2v) is 10.3. The summed E-state index contributed by atoms with van der Waals surface area (Å²) in [5, 5.41) is 0. The van der Waals surface area contributed by atoms with Crippen LogP contribution in [0.15, 0.2) is 70.3 Å². The molecule has 2 aliphatic heterocycles. The minimum Gasteiger partial charge on any atom is -0.353 e. The average Bonchev–Trinajstić information content (AvgIpc) is 2.92. The van der Waals surface area contributed by atoms with Crippen LogP contribution in [-0.2, 0) is 11.8 Å². The van der Waals surface area contributed by atoms with Crippen LogP contribution in [0.5, 0.6) is 0 Å². The molecule has 2 aromatic heterocycles. The first-order chi connectivity index (χ1) is 18.7. The quantitative estimate of drug-likeness (QED) is 0.439. The van der Waals surface area contributed by atoms with Gasteiger partial charge in [0.15, 0.2) is 0 Å². The Kier molecular flexibility index (Phi) is 5.87. The zero-order valence-electron chi connectivity index (χ0n) is 21.7. The Balaban J connectivity index is 1.49. The maximum absolute atomic E-state index is 13.8. The number of piperazine rings is 1. The molecule has 0 spiro atoms. The molecule has 1 amide bonds. The molecule has 2 aromatic carbocycles. The topological polar surface area (TPSA) is 81.6 Å². The number of H-pyrrole nitrogens is 1. The molecular formula is C29H27F2N5O3. The number of aromatic amines is 1. The standard InChI is InChI=1S/C29H27F2N5O3/c1-16-14-36-22(15-35(16)25(17-4-8-19(30)9-5-17)18-6-10-20(31)11-7-18)28(38)34(3)27-26(36)24-21(33(2)29(27)39)12-13-23(37)32-24/h4-13,16,22,25H,14-15H2,1-3H3,(H,32,37)/t16-,22-/m1/s1. The van der Waals surface area contributed by atoms with Gasteiger partial charge in [0.1, 0.15) is 23.4 Å². The second-order valence-electron chi connectivity index (χ2n) is 10.3. The van der Waals surface area contributed by atoms with Crippen LogP contribution in [0.1, 0.15) is 24.1 Å². The Morgan fingerprint density at radius 3 is 2.00 bits per heavy atom. The van der Waals surface area contributed by atoms with E-state index in [9.17, 15) is 23.2 Å². The number of halogens is 2. The highest BCUT2D eigenvalue weighted by Crippen LogP contribution is 2.42. The zero-order valence-corrected chi connectivity index (χ0v) is 21.7. The lowest BCUT2D eigenvalue weighted by Gasteiger charge is -2.52. The van der Waals surface area contributed by atoms with Crippen molar-refractivity contribution in [1.29, 1.82) is 0 Å². The lowest BCUT2D eigenvalue weighted by molar-refractivity contribution is -0.121. The van der Waals surface area contributed by atoms with Crippen molar-refractivity contribution in [2.45, 2.75) is 25.0 Å². The molecule has 1 fully saturated rings. The molecule has 10 heteroatoms. The lowest BCUT2D eigenvalue weighted by Crippen LogP contribution is -2.66. The van der Waals surface area contributed by atoms with Crippen molar-refractivity contribution in [3.8, 4) is 0 Å². The van der Waals surface area contributed by atoms with Crippen molar-refractivity contribution < 1.29 is 13.6 Å². The van der Waals surface area contributed by atoms with Gasteiger partial charge in [0.2, 0.25) is 5.56 Å². The van der Waals surface area contributed by atoms with E-state index < -0.39 is 6.04 Å². The van der Waals surface area contributed by atoms with Gasteiger partial charge < -0.3 is 19.4 Å². The molecule has 0 unspecified atom stereocenters. The van der Waals surface area contributed by atoms with Gasteiger partial charge >= 0.3 is 0 Å². The monoisotopic (exact) mass is 531 g/mol. The number of nitrogens with one attached hydrogen (secondary N) is 1. The molecule has 0 radical (unpaired) electrons. The summed E-state index contributed by atoms with van der Waals surface area (Å²) in [5.41, 5.74) is 2.80. The van der Waals surface area contributed by atoms with Crippen LogP contribution in [0.2, 0.25) is 0 Å². The summed E-state index contributed by atoms with van der Waals surface area (Å²) < 4.78 is 29.1. The Labute approximate surface area is 222 Å². The van der Waals surface area contributed by atoms with E-state index in [-0.39, 0.29) is 53.0 Å². The Morgan fingerprint density at radius 2 is 1.41 bits per heavy atom. The van der Waals surface area contributed by atoms with E-state index in [4.69, 9.17) is 0 Å². The number of nitrogens with zero attached hydrogens (tertiary/aromatic N) is 4. The molecule has 6 rings (SSSR count). The molecule has 0 saturated carbocycles. The van der Waals surface area contributed by atoms with E-state index in [1.165, 1.54) is 39.8 Å². The Hall–Kier alpha value is -4.31. The summed E-state index contributed by atoms with van der Waals surface area (Å²) in [6.07, 6.45) is 0. The fraction of sp³-hybridized carbons (Fsp3) is 0.276. The van der Waals surface area contributed by atoms with Crippen molar-refractivity contribution in [2.24, 2.45) is 7.05 Å². The summed E-state index contributed by atoms with van der Waals surface area (Å²) in [7, 11) is 3.19. The van der Waals surface area contributed by atoms with Crippen LogP contribution in [0.3, 0.4) is 0 Å². The number of fused-ring (bicyclic) bond motifs is 5. The van der Waals surface area contributed by atoms with Crippen molar-refractivity contribution in [3.05, 3.63) is 104 Å². The minimum absolute atomic E-state index is 0.139. The second kappa shape index (κ2) is 9.16. The molecule has 4 heterocycles. The van der Waals surface area contributed by atoms with Crippen molar-refractivity contribution in [3.63, 3.8) is 0 Å². The first kappa shape index (κ1) is 25.0. The maximum Gasteiger partial charge on any atom is 0.277 e. The van der Waals surface area contributed by atoms with Gasteiger partial charge in [-0.3, -0.25) is 19.3 Å². The number of hydrogen-bond acceptors (Lipinski definition) is 5. The molecule has 200 valence electrons. The first-order valence-corrected chi connectivity index (χ1v) is 12.7. The van der Waals surface area contributed by atoms with Crippen LogP contribution >= 0.6 is 0 Å². The van der Waals surface area contributed by atoms with Crippen LogP contribution < -0.4 is 20.9 Å². The van der Waals surface area contributed by atoms with Gasteiger partial charge in [-0.05, 0) is 48.4 Å². The van der Waals surface area contributed by atoms with Gasteiger partial charge in [-0.1, -0.05) is 24.3 Å². The summed E-state index contributed by atoms with van der Waals surface area (Å²) in [6, 6.07) is 14.2. The number of pyridine rings is 2. The number of benzene rings is 2. The number of carbonyl (C=O) groups excluding carboxylic acids is 1. The van der Waals surface area contributed by atoms with Crippen LogP contribution in [0, 0.1) is 11.6 Å². The van der Waals surface area contributed by atoms with Gasteiger partial charge in [0, 0.05) is 39.3 Å². The normalized spacial score (nSPS) is 19.5. The number of rotatable bonds is 3. The highest BCUT2D eigenvalue weighted by molar-refractivity contribution is 6.10. The molecule has 39 heavy (non-hydrogen) atoms. The number of likely N-dealkylation sites (N-methyl/N-ethyl adjacent to an activating group) is 1. The molecule has 2 aliphatic rings. The molecule has 8 nitrogen and oxygen atoms in total. The summed E-state index contributed by atoms with van der Waals surface area (Å²) in [4.78, 5) is 47.8. The van der Waals surface area contributed by atoms with Crippen molar-refractivity contribution >= 4 is 28.3 Å². The molecule has 0 bridgehead atoms. The van der Waals surface area contributed by atoms with Crippen LogP contribution in [0.4, 0.5) is 20.2 Å². The van der Waals surface area contributed by atoms with E-state index in [0.29, 0.717) is 23.3 Å². The minimum atomic E-state index is -0.652. The summed E-state index contributed by atoms with van der Waals surface area (Å²) in [6.45, 7) is 2.69. The smallest absolute Gasteiger partial charge is 0.277 e. The molecule has 1 saturated heterocycles. The SMILES string of the molecule is C[C@@H]1CN2c3c(c(=O)n(C)c4ccc(=O)[nH]c34)N(C)C(=O)[C@H]2CN1C(c1ccc(F)cc1)c1ccc(F)cc1. The van der Waals surface area contributed by atoms with E-state index in [0.717, 1.165) is 11.1 Å². The molecule has 2 atom stereocenters.